The average molecular weight is 280 g/mol. The molecule has 1 fully saturated rings. The van der Waals surface area contributed by atoms with Gasteiger partial charge in [0, 0.05) is 25.3 Å². The zero-order valence-corrected chi connectivity index (χ0v) is 11.8. The summed E-state index contributed by atoms with van der Waals surface area (Å²) >= 11 is 0. The molecule has 0 atom stereocenters. The molecule has 7 heteroatoms. The SMILES string of the molecule is CCNc1cc([N+](=O)[O-])cc(NC2(C)CCOCC2)n1. The Morgan fingerprint density at radius 3 is 2.65 bits per heavy atom. The number of rotatable bonds is 5. The lowest BCUT2D eigenvalue weighted by molar-refractivity contribution is -0.384. The molecule has 0 unspecified atom stereocenters. The van der Waals surface area contributed by atoms with Gasteiger partial charge in [-0.05, 0) is 26.7 Å². The van der Waals surface area contributed by atoms with Gasteiger partial charge in [0.2, 0.25) is 0 Å². The van der Waals surface area contributed by atoms with E-state index >= 15 is 0 Å². The van der Waals surface area contributed by atoms with E-state index in [1.54, 1.807) is 0 Å². The summed E-state index contributed by atoms with van der Waals surface area (Å²) in [6, 6.07) is 2.92. The normalized spacial score (nSPS) is 17.5. The minimum absolute atomic E-state index is 0.0362. The Labute approximate surface area is 117 Å². The molecule has 7 nitrogen and oxygen atoms in total. The van der Waals surface area contributed by atoms with Crippen LogP contribution in [0.1, 0.15) is 26.7 Å². The molecule has 0 spiro atoms. The first-order valence-corrected chi connectivity index (χ1v) is 6.79. The fourth-order valence-electron chi connectivity index (χ4n) is 2.21. The van der Waals surface area contributed by atoms with E-state index in [1.165, 1.54) is 12.1 Å². The van der Waals surface area contributed by atoms with E-state index in [0.29, 0.717) is 31.4 Å². The Morgan fingerprint density at radius 1 is 1.40 bits per heavy atom. The van der Waals surface area contributed by atoms with Gasteiger partial charge < -0.3 is 15.4 Å². The van der Waals surface area contributed by atoms with E-state index in [-0.39, 0.29) is 11.2 Å². The number of ether oxygens (including phenoxy) is 1. The second-order valence-corrected chi connectivity index (χ2v) is 5.18. The molecule has 0 aromatic carbocycles. The van der Waals surface area contributed by atoms with Gasteiger partial charge in [0.15, 0.2) is 0 Å². The smallest absolute Gasteiger partial charge is 0.276 e. The molecule has 1 aromatic heterocycles. The molecular formula is C13H20N4O3. The molecule has 1 aliphatic rings. The predicted octanol–water partition coefficient (Wildman–Crippen LogP) is 2.40. The molecule has 1 aromatic rings. The third-order valence-electron chi connectivity index (χ3n) is 3.41. The fourth-order valence-corrected chi connectivity index (χ4v) is 2.21. The summed E-state index contributed by atoms with van der Waals surface area (Å²) in [4.78, 5) is 15.0. The van der Waals surface area contributed by atoms with Crippen molar-refractivity contribution in [3.05, 3.63) is 22.2 Å². The summed E-state index contributed by atoms with van der Waals surface area (Å²) in [5.41, 5.74) is -0.0988. The fraction of sp³-hybridized carbons (Fsp3) is 0.615. The largest absolute Gasteiger partial charge is 0.381 e. The summed E-state index contributed by atoms with van der Waals surface area (Å²) in [5.74, 6) is 1.04. The maximum atomic E-state index is 11.0. The molecule has 110 valence electrons. The first kappa shape index (κ1) is 14.5. The Balaban J connectivity index is 2.23. The van der Waals surface area contributed by atoms with Crippen LogP contribution < -0.4 is 10.6 Å². The molecule has 0 radical (unpaired) electrons. The lowest BCUT2D eigenvalue weighted by atomic mass is 9.92. The van der Waals surface area contributed by atoms with Crippen molar-refractivity contribution < 1.29 is 9.66 Å². The molecule has 0 saturated carbocycles. The molecular weight excluding hydrogens is 260 g/mol. The summed E-state index contributed by atoms with van der Waals surface area (Å²) in [7, 11) is 0. The van der Waals surface area contributed by atoms with Crippen LogP contribution in [0.5, 0.6) is 0 Å². The lowest BCUT2D eigenvalue weighted by Crippen LogP contribution is -2.40. The van der Waals surface area contributed by atoms with Crippen molar-refractivity contribution in [2.45, 2.75) is 32.2 Å². The minimum Gasteiger partial charge on any atom is -0.381 e. The number of anilines is 2. The third-order valence-corrected chi connectivity index (χ3v) is 3.41. The van der Waals surface area contributed by atoms with E-state index in [0.717, 1.165) is 12.8 Å². The average Bonchev–Trinajstić information content (AvgIpc) is 2.39. The zero-order valence-electron chi connectivity index (χ0n) is 11.8. The van der Waals surface area contributed by atoms with Crippen molar-refractivity contribution in [1.29, 1.82) is 0 Å². The van der Waals surface area contributed by atoms with Crippen LogP contribution in [0.25, 0.3) is 0 Å². The summed E-state index contributed by atoms with van der Waals surface area (Å²) in [5, 5.41) is 17.3. The maximum Gasteiger partial charge on any atom is 0.276 e. The van der Waals surface area contributed by atoms with Gasteiger partial charge in [0.1, 0.15) is 11.6 Å². The van der Waals surface area contributed by atoms with Gasteiger partial charge in [0.05, 0.1) is 17.1 Å². The minimum atomic E-state index is -0.403. The topological polar surface area (TPSA) is 89.3 Å². The Bertz CT molecular complexity index is 487. The molecule has 0 bridgehead atoms. The second-order valence-electron chi connectivity index (χ2n) is 5.18. The van der Waals surface area contributed by atoms with Gasteiger partial charge in [-0.2, -0.15) is 0 Å². The highest BCUT2D eigenvalue weighted by atomic mass is 16.6. The van der Waals surface area contributed by atoms with Gasteiger partial charge in [-0.1, -0.05) is 0 Å². The predicted molar refractivity (Wildman–Crippen MR) is 77.1 cm³/mol. The third kappa shape index (κ3) is 3.57. The van der Waals surface area contributed by atoms with Gasteiger partial charge in [-0.25, -0.2) is 4.98 Å². The van der Waals surface area contributed by atoms with Crippen LogP contribution in [0.2, 0.25) is 0 Å². The first-order valence-electron chi connectivity index (χ1n) is 6.79. The van der Waals surface area contributed by atoms with E-state index in [1.807, 2.05) is 6.92 Å². The van der Waals surface area contributed by atoms with Gasteiger partial charge in [-0.3, -0.25) is 10.1 Å². The number of nitrogens with zero attached hydrogens (tertiary/aromatic N) is 2. The quantitative estimate of drug-likeness (QED) is 0.636. The molecule has 20 heavy (non-hydrogen) atoms. The van der Waals surface area contributed by atoms with E-state index in [9.17, 15) is 10.1 Å². The highest BCUT2D eigenvalue weighted by Gasteiger charge is 2.28. The molecule has 2 heterocycles. The highest BCUT2D eigenvalue weighted by Crippen LogP contribution is 2.27. The molecule has 0 aliphatic carbocycles. The van der Waals surface area contributed by atoms with Crippen molar-refractivity contribution in [3.8, 4) is 0 Å². The van der Waals surface area contributed by atoms with E-state index in [2.05, 4.69) is 22.5 Å². The molecule has 2 N–H and O–H groups in total. The Hall–Kier alpha value is -1.89. The molecule has 1 aliphatic heterocycles. The van der Waals surface area contributed by atoms with Crippen LogP contribution in [0, 0.1) is 10.1 Å². The molecule has 1 saturated heterocycles. The molecule has 2 rings (SSSR count). The van der Waals surface area contributed by atoms with Gasteiger partial charge in [0.25, 0.3) is 5.69 Å². The first-order chi connectivity index (χ1) is 9.52. The van der Waals surface area contributed by atoms with Crippen molar-refractivity contribution in [2.75, 3.05) is 30.4 Å². The number of nitro groups is 1. The van der Waals surface area contributed by atoms with Crippen molar-refractivity contribution >= 4 is 17.3 Å². The highest BCUT2D eigenvalue weighted by molar-refractivity contribution is 5.55. The van der Waals surface area contributed by atoms with Crippen molar-refractivity contribution in [3.63, 3.8) is 0 Å². The summed E-state index contributed by atoms with van der Waals surface area (Å²) < 4.78 is 5.35. The van der Waals surface area contributed by atoms with Crippen LogP contribution in [0.4, 0.5) is 17.3 Å². The van der Waals surface area contributed by atoms with E-state index < -0.39 is 4.92 Å². The summed E-state index contributed by atoms with van der Waals surface area (Å²) in [6.07, 6.45) is 1.71. The summed E-state index contributed by atoms with van der Waals surface area (Å²) in [6.45, 7) is 6.06. The number of hydrogen-bond donors (Lipinski definition) is 2. The molecule has 0 amide bonds. The van der Waals surface area contributed by atoms with Crippen LogP contribution >= 0.6 is 0 Å². The number of pyridine rings is 1. The zero-order chi connectivity index (χ0) is 14.6. The number of hydrogen-bond acceptors (Lipinski definition) is 6. The Kier molecular flexibility index (Phi) is 4.39. The van der Waals surface area contributed by atoms with Crippen LogP contribution in [-0.2, 0) is 4.74 Å². The second kappa shape index (κ2) is 6.04. The van der Waals surface area contributed by atoms with Crippen molar-refractivity contribution in [2.24, 2.45) is 0 Å². The van der Waals surface area contributed by atoms with Gasteiger partial charge >= 0.3 is 0 Å². The van der Waals surface area contributed by atoms with E-state index in [4.69, 9.17) is 4.74 Å². The lowest BCUT2D eigenvalue weighted by Gasteiger charge is -2.34. The van der Waals surface area contributed by atoms with Crippen LogP contribution in [-0.4, -0.2) is 35.2 Å². The van der Waals surface area contributed by atoms with Gasteiger partial charge in [-0.15, -0.1) is 0 Å². The van der Waals surface area contributed by atoms with Crippen LogP contribution in [0.3, 0.4) is 0 Å². The number of aromatic nitrogens is 1. The van der Waals surface area contributed by atoms with Crippen molar-refractivity contribution in [1.82, 2.24) is 4.98 Å². The number of nitrogens with one attached hydrogen (secondary N) is 2. The maximum absolute atomic E-state index is 11.0. The monoisotopic (exact) mass is 280 g/mol. The standard InChI is InChI=1S/C13H20N4O3/c1-3-14-11-8-10(17(18)19)9-12(15-11)16-13(2)4-6-20-7-5-13/h8-9H,3-7H2,1-2H3,(H2,14,15,16). The Morgan fingerprint density at radius 2 is 2.05 bits per heavy atom. The van der Waals surface area contributed by atoms with Crippen LogP contribution in [0.15, 0.2) is 12.1 Å².